The average Bonchev–Trinajstić information content (AvgIpc) is 3.09. The van der Waals surface area contributed by atoms with Crippen LogP contribution in [0.15, 0.2) is 40.8 Å². The molecule has 3 rings (SSSR count). The van der Waals surface area contributed by atoms with Crippen molar-refractivity contribution in [3.63, 3.8) is 0 Å². The van der Waals surface area contributed by atoms with Gasteiger partial charge >= 0.3 is 0 Å². The summed E-state index contributed by atoms with van der Waals surface area (Å²) in [4.78, 5) is 4.61. The summed E-state index contributed by atoms with van der Waals surface area (Å²) in [6.07, 6.45) is 1.44. The number of nitrogens with zero attached hydrogens (tertiary/aromatic N) is 1. The molecule has 1 heterocycles. The summed E-state index contributed by atoms with van der Waals surface area (Å²) in [5, 5.41) is 9.29. The highest BCUT2D eigenvalue weighted by Crippen LogP contribution is 2.34. The maximum Gasteiger partial charge on any atom is 0.231 e. The summed E-state index contributed by atoms with van der Waals surface area (Å²) < 4.78 is 16.6. The third-order valence-electron chi connectivity index (χ3n) is 4.44. The lowest BCUT2D eigenvalue weighted by Crippen LogP contribution is -2.40. The Balaban J connectivity index is 1.93. The van der Waals surface area contributed by atoms with E-state index in [0.717, 1.165) is 23.1 Å². The van der Waals surface area contributed by atoms with Gasteiger partial charge in [0, 0.05) is 5.54 Å². The molecule has 1 atom stereocenters. The first-order chi connectivity index (χ1) is 12.5. The van der Waals surface area contributed by atoms with Gasteiger partial charge in [0.2, 0.25) is 5.89 Å². The van der Waals surface area contributed by atoms with E-state index in [4.69, 9.17) is 19.6 Å². The van der Waals surface area contributed by atoms with Crippen molar-refractivity contribution in [1.29, 1.82) is 0 Å². The molecule has 0 aliphatic rings. The van der Waals surface area contributed by atoms with Crippen molar-refractivity contribution < 1.29 is 19.0 Å². The van der Waals surface area contributed by atoms with Crippen LogP contribution in [0.4, 0.5) is 0 Å². The number of aryl methyl sites for hydroxylation is 1. The molecule has 3 N–H and O–H groups in total. The van der Waals surface area contributed by atoms with Crippen molar-refractivity contribution in [2.45, 2.75) is 25.3 Å². The van der Waals surface area contributed by atoms with Crippen LogP contribution in [0.2, 0.25) is 0 Å². The van der Waals surface area contributed by atoms with E-state index in [9.17, 15) is 5.11 Å². The molecule has 0 amide bonds. The Bertz CT molecular complexity index is 902. The first kappa shape index (κ1) is 18.2. The van der Waals surface area contributed by atoms with Crippen molar-refractivity contribution in [3.8, 4) is 23.0 Å². The van der Waals surface area contributed by atoms with Crippen molar-refractivity contribution in [2.75, 3.05) is 20.8 Å². The van der Waals surface area contributed by atoms with E-state index in [1.165, 1.54) is 0 Å². The molecule has 0 fully saturated rings. The molecular weight excluding hydrogens is 332 g/mol. The second kappa shape index (κ2) is 7.35. The lowest BCUT2D eigenvalue weighted by atomic mass is 9.95. The molecule has 2 aromatic carbocycles. The Morgan fingerprint density at radius 1 is 1.15 bits per heavy atom. The SMILES string of the molecule is COc1ccc(OC)c(-c2nc3cc(CC[C@@](C)(N)CO)ccc3o2)c1. The smallest absolute Gasteiger partial charge is 0.231 e. The summed E-state index contributed by atoms with van der Waals surface area (Å²) in [5.41, 5.74) is 8.72. The van der Waals surface area contributed by atoms with Gasteiger partial charge in [-0.25, -0.2) is 4.98 Å². The zero-order valence-electron chi connectivity index (χ0n) is 15.3. The molecule has 138 valence electrons. The molecule has 0 bridgehead atoms. The van der Waals surface area contributed by atoms with E-state index >= 15 is 0 Å². The maximum atomic E-state index is 9.29. The highest BCUT2D eigenvalue weighted by Gasteiger charge is 2.18. The zero-order chi connectivity index (χ0) is 18.7. The lowest BCUT2D eigenvalue weighted by molar-refractivity contribution is 0.200. The molecule has 1 aromatic heterocycles. The number of methoxy groups -OCH3 is 2. The highest BCUT2D eigenvalue weighted by molar-refractivity contribution is 5.78. The first-order valence-corrected chi connectivity index (χ1v) is 8.47. The minimum Gasteiger partial charge on any atom is -0.497 e. The Kier molecular flexibility index (Phi) is 5.15. The first-order valence-electron chi connectivity index (χ1n) is 8.47. The zero-order valence-corrected chi connectivity index (χ0v) is 15.3. The second-order valence-electron chi connectivity index (χ2n) is 6.70. The summed E-state index contributed by atoms with van der Waals surface area (Å²) in [7, 11) is 3.22. The molecule has 0 unspecified atom stereocenters. The molecule has 3 aromatic rings. The van der Waals surface area contributed by atoms with Crippen LogP contribution in [0.1, 0.15) is 18.9 Å². The number of benzene rings is 2. The van der Waals surface area contributed by atoms with Crippen LogP contribution in [0.3, 0.4) is 0 Å². The Morgan fingerprint density at radius 2 is 1.96 bits per heavy atom. The van der Waals surface area contributed by atoms with Crippen molar-refractivity contribution >= 4 is 11.1 Å². The van der Waals surface area contributed by atoms with Gasteiger partial charge in [-0.2, -0.15) is 0 Å². The summed E-state index contributed by atoms with van der Waals surface area (Å²) in [5.74, 6) is 1.85. The molecule has 26 heavy (non-hydrogen) atoms. The fraction of sp³-hybridized carbons (Fsp3) is 0.350. The predicted octanol–water partition coefficient (Wildman–Crippen LogP) is 3.15. The molecule has 0 saturated heterocycles. The predicted molar refractivity (Wildman–Crippen MR) is 101 cm³/mol. The van der Waals surface area contributed by atoms with Crippen LogP contribution in [-0.2, 0) is 6.42 Å². The number of nitrogens with two attached hydrogens (primary N) is 1. The molecule has 0 aliphatic carbocycles. The second-order valence-corrected chi connectivity index (χ2v) is 6.70. The number of rotatable bonds is 7. The van der Waals surface area contributed by atoms with Crippen LogP contribution in [-0.4, -0.2) is 36.5 Å². The van der Waals surface area contributed by atoms with Gasteiger partial charge in [0.15, 0.2) is 5.58 Å². The standard InChI is InChI=1S/C20H24N2O4/c1-20(21,12-23)9-8-13-4-6-18-16(10-13)22-19(26-18)15-11-14(24-2)5-7-17(15)25-3/h4-7,10-11,23H,8-9,12,21H2,1-3H3/t20-/m1/s1. The van der Waals surface area contributed by atoms with E-state index < -0.39 is 5.54 Å². The van der Waals surface area contributed by atoms with Crippen molar-refractivity contribution in [3.05, 3.63) is 42.0 Å². The van der Waals surface area contributed by atoms with Gasteiger partial charge in [-0.15, -0.1) is 0 Å². The number of aromatic nitrogens is 1. The van der Waals surface area contributed by atoms with Gasteiger partial charge in [0.1, 0.15) is 17.0 Å². The molecule has 0 aliphatic heterocycles. The van der Waals surface area contributed by atoms with Crippen LogP contribution in [0.25, 0.3) is 22.6 Å². The highest BCUT2D eigenvalue weighted by atomic mass is 16.5. The third kappa shape index (κ3) is 3.81. The van der Waals surface area contributed by atoms with Crippen LogP contribution in [0, 0.1) is 0 Å². The van der Waals surface area contributed by atoms with Crippen LogP contribution >= 0.6 is 0 Å². The fourth-order valence-corrected chi connectivity index (χ4v) is 2.73. The Hall–Kier alpha value is -2.57. The molecule has 0 saturated carbocycles. The van der Waals surface area contributed by atoms with E-state index in [1.807, 2.05) is 43.3 Å². The van der Waals surface area contributed by atoms with Gasteiger partial charge in [0.25, 0.3) is 0 Å². The largest absolute Gasteiger partial charge is 0.497 e. The summed E-state index contributed by atoms with van der Waals surface area (Å²) >= 11 is 0. The van der Waals surface area contributed by atoms with Crippen LogP contribution in [0.5, 0.6) is 11.5 Å². The van der Waals surface area contributed by atoms with Gasteiger partial charge in [-0.1, -0.05) is 6.07 Å². The van der Waals surface area contributed by atoms with E-state index in [0.29, 0.717) is 29.4 Å². The maximum absolute atomic E-state index is 9.29. The normalized spacial score (nSPS) is 13.6. The van der Waals surface area contributed by atoms with Gasteiger partial charge in [-0.05, 0) is 55.7 Å². The quantitative estimate of drug-likeness (QED) is 0.676. The molecular formula is C20H24N2O4. The number of aliphatic hydroxyl groups excluding tert-OH is 1. The monoisotopic (exact) mass is 356 g/mol. The molecule has 0 radical (unpaired) electrons. The van der Waals surface area contributed by atoms with Gasteiger partial charge in [-0.3, -0.25) is 0 Å². The minimum atomic E-state index is -0.585. The van der Waals surface area contributed by atoms with Gasteiger partial charge in [0.05, 0.1) is 26.4 Å². The number of aliphatic hydroxyl groups is 1. The van der Waals surface area contributed by atoms with Crippen molar-refractivity contribution in [2.24, 2.45) is 5.73 Å². The number of hydrogen-bond donors (Lipinski definition) is 2. The third-order valence-corrected chi connectivity index (χ3v) is 4.44. The lowest BCUT2D eigenvalue weighted by Gasteiger charge is -2.21. The minimum absolute atomic E-state index is 0.0427. The number of ether oxygens (including phenoxy) is 2. The van der Waals surface area contributed by atoms with E-state index in [2.05, 4.69) is 4.98 Å². The molecule has 6 heteroatoms. The van der Waals surface area contributed by atoms with Gasteiger partial charge < -0.3 is 24.7 Å². The average molecular weight is 356 g/mol. The van der Waals surface area contributed by atoms with Crippen LogP contribution < -0.4 is 15.2 Å². The van der Waals surface area contributed by atoms with E-state index in [1.54, 1.807) is 14.2 Å². The number of fused-ring (bicyclic) bond motifs is 1. The fourth-order valence-electron chi connectivity index (χ4n) is 2.73. The number of oxazole rings is 1. The Morgan fingerprint density at radius 3 is 2.65 bits per heavy atom. The topological polar surface area (TPSA) is 90.7 Å². The summed E-state index contributed by atoms with van der Waals surface area (Å²) in [6.45, 7) is 1.80. The number of hydrogen-bond acceptors (Lipinski definition) is 6. The van der Waals surface area contributed by atoms with E-state index in [-0.39, 0.29) is 6.61 Å². The van der Waals surface area contributed by atoms with Crippen molar-refractivity contribution in [1.82, 2.24) is 4.98 Å². The molecule has 0 spiro atoms. The molecule has 6 nitrogen and oxygen atoms in total. The summed E-state index contributed by atoms with van der Waals surface area (Å²) in [6, 6.07) is 11.4. The Labute approximate surface area is 152 Å².